The molecule has 0 bridgehead atoms. The second kappa shape index (κ2) is 8.44. The summed E-state index contributed by atoms with van der Waals surface area (Å²) in [6.45, 7) is 0. The van der Waals surface area contributed by atoms with Crippen molar-refractivity contribution in [3.63, 3.8) is 0 Å². The molecule has 2 aromatic rings. The fourth-order valence-corrected chi connectivity index (χ4v) is 3.61. The zero-order valence-corrected chi connectivity index (χ0v) is 16.5. The highest BCUT2D eigenvalue weighted by Gasteiger charge is 2.34. The van der Waals surface area contributed by atoms with Crippen molar-refractivity contribution in [1.82, 2.24) is 20.5 Å². The van der Waals surface area contributed by atoms with Gasteiger partial charge in [-0.3, -0.25) is 14.7 Å². The predicted octanol–water partition coefficient (Wildman–Crippen LogP) is 2.97. The average molecular weight is 407 g/mol. The average Bonchev–Trinajstić information content (AvgIpc) is 3.03. The minimum absolute atomic E-state index is 0.0750. The molecule has 1 aliphatic heterocycles. The molecule has 0 saturated heterocycles. The number of amides is 2. The standard InChI is InChI=1S/C22H22FN5O2/c1-28-18-11-7-6-10-15(18)16(23)13-17(22(28)30)24-21(29)20-25-19(26-27-20)12-14-8-4-2-3-5-9-14/h2-4,6-11,16-17H,5,12-13H2,1H3,(H,24,29)(H,25,26,27)/t16-,17-/m1/s1. The molecule has 1 aromatic heterocycles. The van der Waals surface area contributed by atoms with Crippen molar-refractivity contribution in [3.8, 4) is 0 Å². The van der Waals surface area contributed by atoms with Crippen LogP contribution in [-0.2, 0) is 11.2 Å². The summed E-state index contributed by atoms with van der Waals surface area (Å²) in [5.41, 5.74) is 2.00. The first-order chi connectivity index (χ1) is 14.5. The van der Waals surface area contributed by atoms with Crippen molar-refractivity contribution >= 4 is 17.5 Å². The van der Waals surface area contributed by atoms with Crippen LogP contribution in [0.15, 0.2) is 60.2 Å². The summed E-state index contributed by atoms with van der Waals surface area (Å²) in [7, 11) is 1.58. The lowest BCUT2D eigenvalue weighted by Crippen LogP contribution is -2.47. The molecule has 2 heterocycles. The van der Waals surface area contributed by atoms with Gasteiger partial charge in [0.2, 0.25) is 11.7 Å². The third-order valence-electron chi connectivity index (χ3n) is 5.19. The Bertz CT molecular complexity index is 1060. The maximum atomic E-state index is 14.8. The quantitative estimate of drug-likeness (QED) is 0.815. The Morgan fingerprint density at radius 2 is 2.17 bits per heavy atom. The van der Waals surface area contributed by atoms with E-state index in [1.165, 1.54) is 4.90 Å². The molecule has 0 saturated carbocycles. The molecule has 2 aliphatic rings. The van der Waals surface area contributed by atoms with Crippen LogP contribution in [0.5, 0.6) is 0 Å². The van der Waals surface area contributed by atoms with E-state index in [1.54, 1.807) is 31.3 Å². The number of carbonyl (C=O) groups excluding carboxylic acids is 2. The SMILES string of the molecule is CN1C(=O)[C@H](NC(=O)c2n[nH]c(CC3=CCC=CC=C3)n2)C[C@@H](F)c2ccccc21. The third-order valence-corrected chi connectivity index (χ3v) is 5.19. The van der Waals surface area contributed by atoms with Crippen LogP contribution in [0.2, 0.25) is 0 Å². The number of nitrogens with zero attached hydrogens (tertiary/aromatic N) is 3. The summed E-state index contributed by atoms with van der Waals surface area (Å²) in [6.07, 6.45) is 9.83. The fraction of sp³-hybridized carbons (Fsp3) is 0.273. The number of anilines is 1. The maximum Gasteiger partial charge on any atom is 0.291 e. The Morgan fingerprint density at radius 1 is 1.33 bits per heavy atom. The molecule has 30 heavy (non-hydrogen) atoms. The number of benzene rings is 1. The Kier molecular flexibility index (Phi) is 5.56. The van der Waals surface area contributed by atoms with Crippen molar-refractivity contribution in [3.05, 3.63) is 77.4 Å². The highest BCUT2D eigenvalue weighted by molar-refractivity contribution is 6.02. The Balaban J connectivity index is 1.46. The van der Waals surface area contributed by atoms with E-state index in [1.807, 2.05) is 24.3 Å². The normalized spacial score (nSPS) is 20.9. The fourth-order valence-electron chi connectivity index (χ4n) is 3.61. The van der Waals surface area contributed by atoms with Gasteiger partial charge in [0.25, 0.3) is 5.91 Å². The lowest BCUT2D eigenvalue weighted by molar-refractivity contribution is -0.120. The monoisotopic (exact) mass is 407 g/mol. The molecule has 7 nitrogen and oxygen atoms in total. The lowest BCUT2D eigenvalue weighted by Gasteiger charge is -2.21. The van der Waals surface area contributed by atoms with Crippen LogP contribution >= 0.6 is 0 Å². The van der Waals surface area contributed by atoms with E-state index in [0.29, 0.717) is 23.5 Å². The van der Waals surface area contributed by atoms with Crippen LogP contribution in [0.1, 0.15) is 41.0 Å². The summed E-state index contributed by atoms with van der Waals surface area (Å²) >= 11 is 0. The number of hydrogen-bond acceptors (Lipinski definition) is 4. The number of H-pyrrole nitrogens is 1. The first kappa shape index (κ1) is 19.8. The van der Waals surface area contributed by atoms with Gasteiger partial charge in [0.1, 0.15) is 18.0 Å². The number of nitrogens with one attached hydrogen (secondary N) is 2. The van der Waals surface area contributed by atoms with Gasteiger partial charge in [-0.15, -0.1) is 5.10 Å². The number of fused-ring (bicyclic) bond motifs is 1. The van der Waals surface area contributed by atoms with Crippen molar-refractivity contribution in [1.29, 1.82) is 0 Å². The second-order valence-electron chi connectivity index (χ2n) is 7.27. The summed E-state index contributed by atoms with van der Waals surface area (Å²) in [5, 5.41) is 9.32. The van der Waals surface area contributed by atoms with Gasteiger partial charge in [-0.1, -0.05) is 48.6 Å². The van der Waals surface area contributed by atoms with Crippen LogP contribution in [0.25, 0.3) is 0 Å². The van der Waals surface area contributed by atoms with E-state index in [9.17, 15) is 14.0 Å². The first-order valence-corrected chi connectivity index (χ1v) is 9.78. The number of likely N-dealkylation sites (N-methyl/N-ethyl adjacent to an activating group) is 1. The number of hydrogen-bond donors (Lipinski definition) is 2. The van der Waals surface area contributed by atoms with Crippen molar-refractivity contribution in [2.75, 3.05) is 11.9 Å². The van der Waals surface area contributed by atoms with Crippen LogP contribution < -0.4 is 10.2 Å². The predicted molar refractivity (Wildman–Crippen MR) is 111 cm³/mol. The summed E-state index contributed by atoms with van der Waals surface area (Å²) in [4.78, 5) is 31.0. The molecule has 0 radical (unpaired) electrons. The molecule has 4 rings (SSSR count). The maximum absolute atomic E-state index is 14.8. The van der Waals surface area contributed by atoms with Crippen LogP contribution in [0.4, 0.5) is 10.1 Å². The van der Waals surface area contributed by atoms with Crippen LogP contribution in [0.3, 0.4) is 0 Å². The first-order valence-electron chi connectivity index (χ1n) is 9.78. The number of halogens is 1. The smallest absolute Gasteiger partial charge is 0.291 e. The third kappa shape index (κ3) is 4.07. The van der Waals surface area contributed by atoms with Gasteiger partial charge in [0.15, 0.2) is 0 Å². The van der Waals surface area contributed by atoms with Gasteiger partial charge < -0.3 is 10.2 Å². The lowest BCUT2D eigenvalue weighted by atomic mass is 10.0. The van der Waals surface area contributed by atoms with Gasteiger partial charge in [0.05, 0.1) is 0 Å². The highest BCUT2D eigenvalue weighted by Crippen LogP contribution is 2.35. The van der Waals surface area contributed by atoms with Gasteiger partial charge in [0, 0.05) is 31.1 Å². The number of carbonyl (C=O) groups is 2. The number of aromatic amines is 1. The summed E-state index contributed by atoms with van der Waals surface area (Å²) in [5.74, 6) is -0.533. The molecule has 2 amide bonds. The highest BCUT2D eigenvalue weighted by atomic mass is 19.1. The number of allylic oxidation sites excluding steroid dienone is 6. The molecule has 1 aliphatic carbocycles. The van der Waals surface area contributed by atoms with Crippen molar-refractivity contribution < 1.29 is 14.0 Å². The van der Waals surface area contributed by atoms with Crippen molar-refractivity contribution in [2.45, 2.75) is 31.5 Å². The largest absolute Gasteiger partial charge is 0.337 e. The molecule has 0 fully saturated rings. The second-order valence-corrected chi connectivity index (χ2v) is 7.27. The molecule has 1 aromatic carbocycles. The number of alkyl halides is 1. The molecule has 8 heteroatoms. The minimum Gasteiger partial charge on any atom is -0.337 e. The van der Waals surface area contributed by atoms with Crippen molar-refractivity contribution in [2.24, 2.45) is 0 Å². The molecular formula is C22H22FN5O2. The van der Waals surface area contributed by atoms with E-state index in [-0.39, 0.29) is 18.2 Å². The molecule has 154 valence electrons. The Morgan fingerprint density at radius 3 is 3.03 bits per heavy atom. The molecule has 0 unspecified atom stereocenters. The zero-order chi connectivity index (χ0) is 21.1. The van der Waals surface area contributed by atoms with Crippen LogP contribution in [-0.4, -0.2) is 40.1 Å². The van der Waals surface area contributed by atoms with E-state index < -0.39 is 18.1 Å². The van der Waals surface area contributed by atoms with Gasteiger partial charge >= 0.3 is 0 Å². The number of para-hydroxylation sites is 1. The Hall–Kier alpha value is -3.55. The minimum atomic E-state index is -1.37. The van der Waals surface area contributed by atoms with E-state index in [0.717, 1.165) is 12.0 Å². The number of rotatable bonds is 4. The van der Waals surface area contributed by atoms with E-state index >= 15 is 0 Å². The molecular weight excluding hydrogens is 385 g/mol. The van der Waals surface area contributed by atoms with E-state index in [2.05, 4.69) is 26.6 Å². The van der Waals surface area contributed by atoms with E-state index in [4.69, 9.17) is 0 Å². The van der Waals surface area contributed by atoms with Gasteiger partial charge in [-0.25, -0.2) is 9.37 Å². The summed E-state index contributed by atoms with van der Waals surface area (Å²) in [6, 6.07) is 5.82. The molecule has 2 atom stereocenters. The number of aromatic nitrogens is 3. The topological polar surface area (TPSA) is 91.0 Å². The van der Waals surface area contributed by atoms with Gasteiger partial charge in [-0.2, -0.15) is 0 Å². The Labute approximate surface area is 173 Å². The zero-order valence-electron chi connectivity index (χ0n) is 16.5. The molecule has 2 N–H and O–H groups in total. The summed E-state index contributed by atoms with van der Waals surface area (Å²) < 4.78 is 14.8. The van der Waals surface area contributed by atoms with Crippen LogP contribution in [0, 0.1) is 0 Å². The molecule has 0 spiro atoms. The van der Waals surface area contributed by atoms with Gasteiger partial charge in [-0.05, 0) is 18.1 Å².